The Morgan fingerprint density at radius 1 is 0.789 bits per heavy atom. The molecule has 0 aromatic carbocycles. The highest BCUT2D eigenvalue weighted by atomic mass is 28.4. The van der Waals surface area contributed by atoms with E-state index >= 15 is 0 Å². The maximum atomic E-state index is 14.3. The Balaban J connectivity index is 6.40. The van der Waals surface area contributed by atoms with Gasteiger partial charge in [0, 0.05) is 17.8 Å². The number of rotatable bonds is 15. The fourth-order valence-electron chi connectivity index (χ4n) is 4.17. The maximum Gasteiger partial charge on any atom is 0.308 e. The minimum absolute atomic E-state index is 0.0124. The van der Waals surface area contributed by atoms with E-state index in [9.17, 15) is 14.4 Å². The predicted octanol–water partition coefficient (Wildman–Crippen LogP) is 7.96. The van der Waals surface area contributed by atoms with Crippen LogP contribution in [0.1, 0.15) is 102 Å². The Bertz CT molecular complexity index is 805. The van der Waals surface area contributed by atoms with Crippen molar-refractivity contribution in [3.05, 3.63) is 0 Å². The van der Waals surface area contributed by atoms with Crippen LogP contribution in [0.15, 0.2) is 0 Å². The molecule has 0 heterocycles. The number of ether oxygens (including phenoxy) is 1. The second-order valence-electron chi connectivity index (χ2n) is 14.9. The number of esters is 1. The molecule has 0 bridgehead atoms. The molecule has 0 aromatic rings. The van der Waals surface area contributed by atoms with Gasteiger partial charge in [-0.1, -0.05) is 69.2 Å². The molecular formula is C30H60O6Si2. The first kappa shape index (κ1) is 37.2. The number of hydrogen-bond acceptors (Lipinski definition) is 6. The van der Waals surface area contributed by atoms with E-state index in [0.29, 0.717) is 6.42 Å². The van der Waals surface area contributed by atoms with Crippen molar-refractivity contribution in [2.24, 2.45) is 17.3 Å². The zero-order valence-electron chi connectivity index (χ0n) is 27.6. The summed E-state index contributed by atoms with van der Waals surface area (Å²) >= 11 is 0. The van der Waals surface area contributed by atoms with Crippen LogP contribution in [0.4, 0.5) is 0 Å². The molecule has 8 heteroatoms. The van der Waals surface area contributed by atoms with Crippen LogP contribution in [0.5, 0.6) is 0 Å². The molecule has 0 aliphatic rings. The minimum atomic E-state index is -2.29. The van der Waals surface area contributed by atoms with E-state index in [4.69, 9.17) is 13.6 Å². The number of carbonyl (C=O) groups excluding carboxylic acids is 3. The lowest BCUT2D eigenvalue weighted by Gasteiger charge is -2.46. The first-order chi connectivity index (χ1) is 16.8. The molecule has 224 valence electrons. The Kier molecular flexibility index (Phi) is 13.4. The number of ketones is 2. The molecule has 0 aromatic heterocycles. The number of carbonyl (C=O) groups is 3. The van der Waals surface area contributed by atoms with E-state index in [-0.39, 0.29) is 46.1 Å². The number of hydrogen-bond donors (Lipinski definition) is 0. The molecule has 0 aliphatic heterocycles. The van der Waals surface area contributed by atoms with Gasteiger partial charge >= 0.3 is 5.97 Å². The van der Waals surface area contributed by atoms with Crippen LogP contribution in [0.2, 0.25) is 36.3 Å². The molecule has 0 unspecified atom stereocenters. The monoisotopic (exact) mass is 572 g/mol. The van der Waals surface area contributed by atoms with E-state index in [0.717, 1.165) is 12.8 Å². The van der Waals surface area contributed by atoms with Gasteiger partial charge in [0.1, 0.15) is 11.6 Å². The second-order valence-corrected chi connectivity index (χ2v) is 24.4. The zero-order valence-corrected chi connectivity index (χ0v) is 29.6. The molecule has 38 heavy (non-hydrogen) atoms. The van der Waals surface area contributed by atoms with Crippen molar-refractivity contribution in [1.82, 2.24) is 0 Å². The average Bonchev–Trinajstić information content (AvgIpc) is 2.73. The van der Waals surface area contributed by atoms with Crippen LogP contribution < -0.4 is 0 Å². The lowest BCUT2D eigenvalue weighted by molar-refractivity contribution is -0.148. The smallest absolute Gasteiger partial charge is 0.308 e. The quantitative estimate of drug-likeness (QED) is 0.146. The van der Waals surface area contributed by atoms with Crippen LogP contribution in [-0.4, -0.2) is 53.5 Å². The predicted molar refractivity (Wildman–Crippen MR) is 162 cm³/mol. The summed E-state index contributed by atoms with van der Waals surface area (Å²) in [5.74, 6) is -0.480. The fraction of sp³-hybridized carbons (Fsp3) is 0.900. The van der Waals surface area contributed by atoms with Gasteiger partial charge in [0.05, 0.1) is 25.7 Å². The van der Waals surface area contributed by atoms with Gasteiger partial charge in [-0.3, -0.25) is 9.59 Å². The average molecular weight is 573 g/mol. The van der Waals surface area contributed by atoms with Crippen molar-refractivity contribution < 1.29 is 28.0 Å². The van der Waals surface area contributed by atoms with Gasteiger partial charge < -0.3 is 18.4 Å². The lowest BCUT2D eigenvalue weighted by atomic mass is 9.73. The Morgan fingerprint density at radius 2 is 1.24 bits per heavy atom. The largest absolute Gasteiger partial charge is 0.469 e. The summed E-state index contributed by atoms with van der Waals surface area (Å²) < 4.78 is 18.7. The lowest BCUT2D eigenvalue weighted by Crippen LogP contribution is -2.54. The number of methoxy groups -OCH3 is 1. The first-order valence-corrected chi connectivity index (χ1v) is 20.1. The third-order valence-corrected chi connectivity index (χ3v) is 18.1. The van der Waals surface area contributed by atoms with Crippen LogP contribution >= 0.6 is 0 Å². The molecule has 0 radical (unpaired) electrons. The molecular weight excluding hydrogens is 512 g/mol. The third-order valence-electron chi connectivity index (χ3n) is 9.16. The first-order valence-electron chi connectivity index (χ1n) is 14.3. The highest BCUT2D eigenvalue weighted by molar-refractivity contribution is 6.74. The standard InChI is InChI=1S/C30H60O6Si2/c1-21(18-17-19-22(2)31)26(36-38(15,16)29(7,8)9)23(3)27(33)30(10,11)24(20-25(32)34-12)35-37(13,14)28(4,5)6/h21,23-24,26H,17-20H2,1-16H3/t21-,23+,24-,26-/m0/s1. The molecule has 0 saturated carbocycles. The van der Waals surface area contributed by atoms with Gasteiger partial charge in [0.2, 0.25) is 0 Å². The molecule has 6 nitrogen and oxygen atoms in total. The zero-order chi connectivity index (χ0) is 30.5. The van der Waals surface area contributed by atoms with Gasteiger partial charge in [-0.25, -0.2) is 0 Å². The van der Waals surface area contributed by atoms with Crippen LogP contribution in [0.3, 0.4) is 0 Å². The van der Waals surface area contributed by atoms with Crippen molar-refractivity contribution in [1.29, 1.82) is 0 Å². The molecule has 0 fully saturated rings. The summed E-state index contributed by atoms with van der Waals surface area (Å²) in [6.07, 6.45) is 1.25. The van der Waals surface area contributed by atoms with Gasteiger partial charge in [-0.15, -0.1) is 0 Å². The van der Waals surface area contributed by atoms with Gasteiger partial charge in [-0.2, -0.15) is 0 Å². The summed E-state index contributed by atoms with van der Waals surface area (Å²) in [6.45, 7) is 31.3. The van der Waals surface area contributed by atoms with Gasteiger partial charge in [0.15, 0.2) is 16.6 Å². The second kappa shape index (κ2) is 13.7. The van der Waals surface area contributed by atoms with Crippen molar-refractivity contribution in [2.75, 3.05) is 7.11 Å². The van der Waals surface area contributed by atoms with E-state index < -0.39 is 34.1 Å². The number of Topliss-reactive ketones (excluding diaryl/α,β-unsaturated/α-hetero) is 2. The molecule has 0 spiro atoms. The summed E-state index contributed by atoms with van der Waals surface area (Å²) in [7, 11) is -3.12. The van der Waals surface area contributed by atoms with E-state index in [1.54, 1.807) is 6.92 Å². The Hall–Kier alpha value is -0.836. The highest BCUT2D eigenvalue weighted by Crippen LogP contribution is 2.44. The fourth-order valence-corrected chi connectivity index (χ4v) is 7.08. The SMILES string of the molecule is COC(=O)C[C@H](O[Si](C)(C)C(C)(C)C)C(C)(C)C(=O)[C@H](C)[C@@H](O[Si](C)(C)C(C)(C)C)[C@@H](C)CCCC(C)=O. The normalized spacial score (nSPS) is 16.9. The van der Waals surface area contributed by atoms with Crippen molar-refractivity contribution >= 4 is 34.2 Å². The van der Waals surface area contributed by atoms with Crippen molar-refractivity contribution in [3.63, 3.8) is 0 Å². The van der Waals surface area contributed by atoms with Gasteiger partial charge in [0.25, 0.3) is 0 Å². The minimum Gasteiger partial charge on any atom is -0.469 e. The molecule has 0 saturated heterocycles. The van der Waals surface area contributed by atoms with E-state index in [1.165, 1.54) is 7.11 Å². The summed E-state index contributed by atoms with van der Waals surface area (Å²) in [5, 5.41) is -0.0905. The Morgan fingerprint density at radius 3 is 1.63 bits per heavy atom. The summed E-state index contributed by atoms with van der Waals surface area (Å²) in [5.41, 5.74) is -0.933. The van der Waals surface area contributed by atoms with Crippen molar-refractivity contribution in [3.8, 4) is 0 Å². The van der Waals surface area contributed by atoms with Crippen LogP contribution in [0.25, 0.3) is 0 Å². The Labute approximate surface area is 236 Å². The molecule has 0 amide bonds. The van der Waals surface area contributed by atoms with Crippen LogP contribution in [0, 0.1) is 17.3 Å². The maximum absolute atomic E-state index is 14.3. The van der Waals surface area contributed by atoms with Crippen LogP contribution in [-0.2, 0) is 28.0 Å². The summed E-state index contributed by atoms with van der Waals surface area (Å²) in [6, 6.07) is 0. The van der Waals surface area contributed by atoms with E-state index in [2.05, 4.69) is 74.7 Å². The molecule has 0 rings (SSSR count). The highest BCUT2D eigenvalue weighted by Gasteiger charge is 2.50. The molecule has 0 aliphatic carbocycles. The summed E-state index contributed by atoms with van der Waals surface area (Å²) in [4.78, 5) is 38.4. The molecule has 0 N–H and O–H groups in total. The topological polar surface area (TPSA) is 78.9 Å². The van der Waals surface area contributed by atoms with Crippen molar-refractivity contribution in [2.45, 2.75) is 150 Å². The third kappa shape index (κ3) is 10.3. The molecule has 4 atom stereocenters. The van der Waals surface area contributed by atoms with E-state index in [1.807, 2.05) is 20.8 Å². The van der Waals surface area contributed by atoms with Gasteiger partial charge in [-0.05, 0) is 61.9 Å².